The molecule has 13 nitrogen and oxygen atoms in total. The number of para-hydroxylation sites is 3. The third-order valence-corrected chi connectivity index (χ3v) is 8.77. The van der Waals surface area contributed by atoms with Gasteiger partial charge in [0.25, 0.3) is 11.8 Å². The molecule has 0 bridgehead atoms. The van der Waals surface area contributed by atoms with Gasteiger partial charge in [-0.3, -0.25) is 19.0 Å². The van der Waals surface area contributed by atoms with Crippen molar-refractivity contribution in [3.63, 3.8) is 0 Å². The molecular weight excluding hydrogens is 608 g/mol. The van der Waals surface area contributed by atoms with Crippen molar-refractivity contribution < 1.29 is 14.7 Å². The molecule has 0 saturated carbocycles. The van der Waals surface area contributed by atoms with Crippen LogP contribution in [0.2, 0.25) is 0 Å². The zero-order valence-corrected chi connectivity index (χ0v) is 28.4. The molecule has 13 heteroatoms. The van der Waals surface area contributed by atoms with Crippen LogP contribution in [0.5, 0.6) is 0 Å². The molecule has 250 valence electrons. The number of imidazole rings is 2. The second-order valence-electron chi connectivity index (χ2n) is 12.0. The molecule has 2 amide bonds. The van der Waals surface area contributed by atoms with Crippen LogP contribution in [0.15, 0.2) is 64.6 Å². The van der Waals surface area contributed by atoms with Crippen LogP contribution in [-0.4, -0.2) is 54.8 Å². The fraction of sp³-hybridized carbons (Fsp3) is 0.371. The van der Waals surface area contributed by atoms with Gasteiger partial charge in [-0.1, -0.05) is 24.3 Å². The van der Waals surface area contributed by atoms with Crippen LogP contribution >= 0.6 is 0 Å². The van der Waals surface area contributed by atoms with E-state index < -0.39 is 0 Å². The number of hydrogen-bond donors (Lipinski definition) is 1. The van der Waals surface area contributed by atoms with Gasteiger partial charge >= 0.3 is 0 Å². The number of nitrogens with zero attached hydrogens (tertiary/aromatic N) is 10. The van der Waals surface area contributed by atoms with Crippen LogP contribution in [0, 0.1) is 13.8 Å². The molecule has 4 aromatic heterocycles. The first kappa shape index (κ1) is 32.6. The Balaban J connectivity index is 1.34. The molecule has 0 radical (unpaired) electrons. The lowest BCUT2D eigenvalue weighted by atomic mass is 10.2. The maximum atomic E-state index is 13.5. The molecule has 0 atom stereocenters. The molecule has 0 unspecified atom stereocenters. The monoisotopic (exact) mass is 650 g/mol. The molecule has 0 aliphatic heterocycles. The number of unbranched alkanes of at least 4 members (excludes halogenated alkanes) is 1. The number of rotatable bonds is 10. The second-order valence-corrected chi connectivity index (χ2v) is 12.0. The van der Waals surface area contributed by atoms with Gasteiger partial charge in [0.15, 0.2) is 0 Å². The van der Waals surface area contributed by atoms with E-state index in [0.29, 0.717) is 48.8 Å². The molecule has 0 aliphatic carbocycles. The van der Waals surface area contributed by atoms with Gasteiger partial charge < -0.3 is 23.4 Å². The molecule has 6 aromatic rings. The number of aliphatic hydroxyl groups is 1. The first-order valence-corrected chi connectivity index (χ1v) is 16.4. The van der Waals surface area contributed by atoms with E-state index in [0.717, 1.165) is 51.9 Å². The van der Waals surface area contributed by atoms with Gasteiger partial charge in [0.05, 0.1) is 40.1 Å². The Bertz CT molecular complexity index is 2300. The van der Waals surface area contributed by atoms with Crippen molar-refractivity contribution in [3.05, 3.63) is 94.2 Å². The molecule has 2 aromatic carbocycles. The molecule has 0 saturated heterocycles. The Kier molecular flexibility index (Phi) is 9.13. The minimum Gasteiger partial charge on any atom is -0.392 e. The lowest BCUT2D eigenvalue weighted by Gasteiger charge is -2.08. The molecule has 0 aliphatic rings. The van der Waals surface area contributed by atoms with Gasteiger partial charge in [-0.2, -0.15) is 20.2 Å². The van der Waals surface area contributed by atoms with Crippen LogP contribution in [0.3, 0.4) is 0 Å². The Morgan fingerprint density at radius 1 is 0.708 bits per heavy atom. The number of amides is 2. The number of hydrogen-bond acceptors (Lipinski definition) is 5. The van der Waals surface area contributed by atoms with E-state index in [-0.39, 0.29) is 18.4 Å². The molecule has 1 N–H and O–H groups in total. The quantitative estimate of drug-likeness (QED) is 0.225. The van der Waals surface area contributed by atoms with Crippen molar-refractivity contribution in [2.45, 2.75) is 73.3 Å². The average Bonchev–Trinajstić information content (AvgIpc) is 3.81. The number of aryl methyl sites for hydroxylation is 8. The van der Waals surface area contributed by atoms with Crippen molar-refractivity contribution in [1.29, 1.82) is 0 Å². The SMILES string of the molecule is CCn1nc(C)cc1C(=O)N=c1n(C)c2c(CO)cccc2n1CCCCn1/c(=N/C(=O)c2cc(C)nn2CC)n(C)c2ccccc21. The van der Waals surface area contributed by atoms with Crippen molar-refractivity contribution in [2.75, 3.05) is 0 Å². The van der Waals surface area contributed by atoms with Crippen LogP contribution in [0.4, 0.5) is 0 Å². The zero-order chi connectivity index (χ0) is 34.1. The average molecular weight is 651 g/mol. The summed E-state index contributed by atoms with van der Waals surface area (Å²) in [4.78, 5) is 36.2. The summed E-state index contributed by atoms with van der Waals surface area (Å²) in [5.41, 5.74) is 7.93. The Labute approximate surface area is 277 Å². The number of aromatic nitrogens is 8. The maximum Gasteiger partial charge on any atom is 0.298 e. The molecule has 48 heavy (non-hydrogen) atoms. The molecule has 0 fully saturated rings. The number of aliphatic hydroxyl groups excluding tert-OH is 1. The molecule has 4 heterocycles. The standard InChI is InChI=1S/C35H42N10O3/c1-7-44-29(20-23(3)38-44)32(47)36-34-40(5)26-15-9-10-16-27(26)42(34)18-11-12-19-43-28-17-13-14-25(22-46)31(28)41(6)35(43)37-33(48)30-21-24(4)39-45(30)8-2/h9-10,13-17,20-21,46H,7-8,11-12,18-19,22H2,1-6H3/b36-34+,37-35?. The fourth-order valence-electron chi connectivity index (χ4n) is 6.54. The summed E-state index contributed by atoms with van der Waals surface area (Å²) in [5, 5.41) is 19.0. The smallest absolute Gasteiger partial charge is 0.298 e. The third kappa shape index (κ3) is 5.85. The Morgan fingerprint density at radius 3 is 1.75 bits per heavy atom. The number of fused-ring (bicyclic) bond motifs is 2. The topological polar surface area (TPSA) is 134 Å². The van der Waals surface area contributed by atoms with Crippen LogP contribution < -0.4 is 11.2 Å². The molecule has 6 rings (SSSR count). The predicted octanol–water partition coefficient (Wildman–Crippen LogP) is 3.78. The lowest BCUT2D eigenvalue weighted by molar-refractivity contribution is 0.0977. The number of carbonyl (C=O) groups excluding carboxylic acids is 2. The first-order chi connectivity index (χ1) is 23.2. The minimum absolute atomic E-state index is 0.133. The third-order valence-electron chi connectivity index (χ3n) is 8.77. The van der Waals surface area contributed by atoms with E-state index in [9.17, 15) is 14.7 Å². The number of carbonyl (C=O) groups is 2. The Hall–Kier alpha value is -5.30. The van der Waals surface area contributed by atoms with E-state index in [1.165, 1.54) is 0 Å². The highest BCUT2D eigenvalue weighted by Crippen LogP contribution is 2.19. The van der Waals surface area contributed by atoms with E-state index >= 15 is 0 Å². The first-order valence-electron chi connectivity index (χ1n) is 16.4. The van der Waals surface area contributed by atoms with Gasteiger partial charge in [-0.15, -0.1) is 0 Å². The summed E-state index contributed by atoms with van der Waals surface area (Å²) >= 11 is 0. The Morgan fingerprint density at radius 2 is 1.21 bits per heavy atom. The molecule has 0 spiro atoms. The molecular formula is C35H42N10O3. The fourth-order valence-corrected chi connectivity index (χ4v) is 6.54. The summed E-state index contributed by atoms with van der Waals surface area (Å²) in [6.07, 6.45) is 1.51. The van der Waals surface area contributed by atoms with Gasteiger partial charge in [-0.05, 0) is 70.9 Å². The summed E-state index contributed by atoms with van der Waals surface area (Å²) in [6.45, 7) is 9.82. The second kappa shape index (κ2) is 13.4. The van der Waals surface area contributed by atoms with Crippen LogP contribution in [0.25, 0.3) is 22.1 Å². The summed E-state index contributed by atoms with van der Waals surface area (Å²) in [5.74, 6) is -0.705. The highest BCUT2D eigenvalue weighted by molar-refractivity contribution is 5.94. The van der Waals surface area contributed by atoms with E-state index in [2.05, 4.69) is 24.7 Å². The minimum atomic E-state index is -0.371. The highest BCUT2D eigenvalue weighted by atomic mass is 16.3. The maximum absolute atomic E-state index is 13.5. The highest BCUT2D eigenvalue weighted by Gasteiger charge is 2.18. The van der Waals surface area contributed by atoms with Gasteiger partial charge in [-0.25, -0.2) is 0 Å². The van der Waals surface area contributed by atoms with E-state index in [1.807, 2.05) is 98.0 Å². The van der Waals surface area contributed by atoms with E-state index in [4.69, 9.17) is 0 Å². The van der Waals surface area contributed by atoms with Crippen LogP contribution in [0.1, 0.15) is 64.6 Å². The lowest BCUT2D eigenvalue weighted by Crippen LogP contribution is -2.28. The largest absolute Gasteiger partial charge is 0.392 e. The summed E-state index contributed by atoms with van der Waals surface area (Å²) in [6, 6.07) is 17.3. The summed E-state index contributed by atoms with van der Waals surface area (Å²) in [7, 11) is 3.80. The zero-order valence-electron chi connectivity index (χ0n) is 28.4. The van der Waals surface area contributed by atoms with Crippen molar-refractivity contribution in [1.82, 2.24) is 37.8 Å². The van der Waals surface area contributed by atoms with Crippen LogP contribution in [-0.2, 0) is 46.9 Å². The normalized spacial score (nSPS) is 12.6. The van der Waals surface area contributed by atoms with Crippen molar-refractivity contribution in [2.24, 2.45) is 24.1 Å². The van der Waals surface area contributed by atoms with Gasteiger partial charge in [0, 0.05) is 45.8 Å². The van der Waals surface area contributed by atoms with Crippen molar-refractivity contribution >= 4 is 33.9 Å². The predicted molar refractivity (Wildman–Crippen MR) is 182 cm³/mol. The van der Waals surface area contributed by atoms with Crippen molar-refractivity contribution in [3.8, 4) is 0 Å². The number of benzene rings is 2. The summed E-state index contributed by atoms with van der Waals surface area (Å²) < 4.78 is 11.3. The van der Waals surface area contributed by atoms with Gasteiger partial charge in [0.2, 0.25) is 11.2 Å². The van der Waals surface area contributed by atoms with Gasteiger partial charge in [0.1, 0.15) is 11.4 Å². The van der Waals surface area contributed by atoms with E-state index in [1.54, 1.807) is 21.5 Å².